The van der Waals surface area contributed by atoms with Gasteiger partial charge in [-0.25, -0.2) is 14.8 Å². The van der Waals surface area contributed by atoms with E-state index in [9.17, 15) is 4.79 Å². The van der Waals surface area contributed by atoms with Gasteiger partial charge in [0.15, 0.2) is 0 Å². The van der Waals surface area contributed by atoms with Crippen LogP contribution in [0.1, 0.15) is 25.8 Å². The highest BCUT2D eigenvalue weighted by Gasteiger charge is 2.25. The number of hydrogen-bond donors (Lipinski definition) is 2. The molecule has 1 aromatic heterocycles. The van der Waals surface area contributed by atoms with Crippen LogP contribution in [-0.2, 0) is 0 Å². The van der Waals surface area contributed by atoms with E-state index >= 15 is 0 Å². The largest absolute Gasteiger partial charge is 0.340 e. The third-order valence-electron chi connectivity index (χ3n) is 5.33. The molecule has 152 valence electrons. The summed E-state index contributed by atoms with van der Waals surface area (Å²) in [7, 11) is 0. The van der Waals surface area contributed by atoms with Crippen LogP contribution in [0, 0.1) is 24.2 Å². The van der Waals surface area contributed by atoms with Crippen LogP contribution in [0.3, 0.4) is 0 Å². The van der Waals surface area contributed by atoms with E-state index in [1.54, 1.807) is 0 Å². The summed E-state index contributed by atoms with van der Waals surface area (Å²) < 4.78 is 0. The van der Waals surface area contributed by atoms with E-state index < -0.39 is 0 Å². The van der Waals surface area contributed by atoms with Gasteiger partial charge in [-0.05, 0) is 54.7 Å². The topological polar surface area (TPSA) is 70.1 Å². The number of nitrogens with zero attached hydrogens (tertiary/aromatic N) is 3. The van der Waals surface area contributed by atoms with Crippen LogP contribution in [0.4, 0.5) is 22.0 Å². The van der Waals surface area contributed by atoms with E-state index in [1.807, 2.05) is 47.4 Å². The molecule has 30 heavy (non-hydrogen) atoms. The van der Waals surface area contributed by atoms with Gasteiger partial charge in [0, 0.05) is 35.4 Å². The number of terminal acetylenes is 1. The first-order chi connectivity index (χ1) is 14.5. The number of carbonyl (C=O) groups excluding carboxylic acids is 1. The molecule has 0 aliphatic carbocycles. The fourth-order valence-electron chi connectivity index (χ4n) is 4.09. The summed E-state index contributed by atoms with van der Waals surface area (Å²) in [6.07, 6.45) is 8.18. The van der Waals surface area contributed by atoms with Crippen molar-refractivity contribution in [2.45, 2.75) is 20.3 Å². The Balaban J connectivity index is 1.58. The first-order valence-corrected chi connectivity index (χ1v) is 10.2. The molecule has 3 aromatic rings. The monoisotopic (exact) mass is 399 g/mol. The van der Waals surface area contributed by atoms with Gasteiger partial charge in [0.2, 0.25) is 0 Å². The Labute approximate surface area is 176 Å². The van der Waals surface area contributed by atoms with Crippen LogP contribution in [0.25, 0.3) is 10.9 Å². The number of benzene rings is 2. The molecule has 2 unspecified atom stereocenters. The third kappa shape index (κ3) is 4.36. The normalized spacial score (nSPS) is 18.6. The molecule has 2 heterocycles. The van der Waals surface area contributed by atoms with E-state index in [-0.39, 0.29) is 6.03 Å². The maximum absolute atomic E-state index is 12.8. The van der Waals surface area contributed by atoms with Crippen molar-refractivity contribution in [1.29, 1.82) is 0 Å². The minimum Gasteiger partial charge on any atom is -0.340 e. The Morgan fingerprint density at radius 3 is 2.67 bits per heavy atom. The smallest absolute Gasteiger partial charge is 0.321 e. The van der Waals surface area contributed by atoms with Crippen LogP contribution in [0.5, 0.6) is 0 Å². The lowest BCUT2D eigenvalue weighted by Crippen LogP contribution is -2.44. The first kappa shape index (κ1) is 19.7. The molecular weight excluding hydrogens is 374 g/mol. The lowest BCUT2D eigenvalue weighted by atomic mass is 9.92. The molecule has 0 radical (unpaired) electrons. The van der Waals surface area contributed by atoms with Gasteiger partial charge in [-0.1, -0.05) is 25.8 Å². The van der Waals surface area contributed by atoms with Crippen molar-refractivity contribution >= 4 is 34.1 Å². The molecule has 0 spiro atoms. The van der Waals surface area contributed by atoms with Crippen molar-refractivity contribution in [1.82, 2.24) is 14.9 Å². The number of carbonyl (C=O) groups is 1. The molecule has 4 rings (SSSR count). The van der Waals surface area contributed by atoms with Crippen LogP contribution in [0.2, 0.25) is 0 Å². The van der Waals surface area contributed by atoms with Crippen LogP contribution in [-0.4, -0.2) is 34.0 Å². The number of piperidine rings is 1. The fraction of sp³-hybridized carbons (Fsp3) is 0.292. The maximum atomic E-state index is 12.8. The summed E-state index contributed by atoms with van der Waals surface area (Å²) in [5.74, 6) is 4.32. The Hall–Kier alpha value is -3.59. The predicted molar refractivity (Wildman–Crippen MR) is 121 cm³/mol. The van der Waals surface area contributed by atoms with E-state index in [2.05, 4.69) is 40.4 Å². The minimum absolute atomic E-state index is 0.0687. The summed E-state index contributed by atoms with van der Waals surface area (Å²) >= 11 is 0. The van der Waals surface area contributed by atoms with Crippen LogP contribution >= 0.6 is 0 Å². The highest BCUT2D eigenvalue weighted by atomic mass is 16.2. The summed E-state index contributed by atoms with van der Waals surface area (Å²) in [6, 6.07) is 13.2. The number of rotatable bonds is 3. The Morgan fingerprint density at radius 2 is 1.90 bits per heavy atom. The molecule has 6 nitrogen and oxygen atoms in total. The zero-order valence-corrected chi connectivity index (χ0v) is 17.2. The van der Waals surface area contributed by atoms with Gasteiger partial charge in [-0.3, -0.25) is 0 Å². The van der Waals surface area contributed by atoms with Crippen molar-refractivity contribution in [3.63, 3.8) is 0 Å². The van der Waals surface area contributed by atoms with Gasteiger partial charge in [-0.15, -0.1) is 6.42 Å². The van der Waals surface area contributed by atoms with Gasteiger partial charge in [0.05, 0.1) is 5.52 Å². The predicted octanol–water partition coefficient (Wildman–Crippen LogP) is 4.86. The van der Waals surface area contributed by atoms with E-state index in [0.717, 1.165) is 41.7 Å². The van der Waals surface area contributed by atoms with Gasteiger partial charge < -0.3 is 15.5 Å². The summed E-state index contributed by atoms with van der Waals surface area (Å²) in [6.45, 7) is 5.95. The van der Waals surface area contributed by atoms with Gasteiger partial charge in [0.25, 0.3) is 0 Å². The lowest BCUT2D eigenvalue weighted by molar-refractivity contribution is 0.156. The molecule has 1 aliphatic heterocycles. The van der Waals surface area contributed by atoms with E-state index in [4.69, 9.17) is 6.42 Å². The molecule has 2 amide bonds. The van der Waals surface area contributed by atoms with Crippen molar-refractivity contribution in [3.8, 4) is 12.3 Å². The van der Waals surface area contributed by atoms with E-state index in [1.165, 1.54) is 6.33 Å². The highest BCUT2D eigenvalue weighted by Crippen LogP contribution is 2.27. The second-order valence-electron chi connectivity index (χ2n) is 8.09. The van der Waals surface area contributed by atoms with E-state index in [0.29, 0.717) is 23.3 Å². The number of amides is 2. The molecule has 0 bridgehead atoms. The van der Waals surface area contributed by atoms with Gasteiger partial charge in [0.1, 0.15) is 12.1 Å². The Morgan fingerprint density at radius 1 is 1.10 bits per heavy atom. The molecule has 6 heteroatoms. The molecule has 1 fully saturated rings. The standard InChI is InChI=1S/C24H25N5O/c1-4-18-6-5-7-19(11-18)27-23-21-12-20(8-9-22(21)25-15-26-23)28-24(30)29-13-16(2)10-17(3)14-29/h1,5-9,11-12,15-17H,10,13-14H2,2-3H3,(H,28,30)(H,25,26,27). The Bertz CT molecular complexity index is 1110. The average Bonchev–Trinajstić information content (AvgIpc) is 2.73. The second kappa shape index (κ2) is 8.42. The zero-order valence-electron chi connectivity index (χ0n) is 17.2. The number of fused-ring (bicyclic) bond motifs is 1. The summed E-state index contributed by atoms with van der Waals surface area (Å²) in [5.41, 5.74) is 3.14. The van der Waals surface area contributed by atoms with Gasteiger partial charge >= 0.3 is 6.03 Å². The average molecular weight is 399 g/mol. The molecule has 2 atom stereocenters. The third-order valence-corrected chi connectivity index (χ3v) is 5.33. The van der Waals surface area contributed by atoms with Crippen LogP contribution in [0.15, 0.2) is 48.8 Å². The molecule has 2 aromatic carbocycles. The summed E-state index contributed by atoms with van der Waals surface area (Å²) in [4.78, 5) is 23.4. The molecule has 2 N–H and O–H groups in total. The molecular formula is C24H25N5O. The maximum Gasteiger partial charge on any atom is 0.321 e. The highest BCUT2D eigenvalue weighted by molar-refractivity contribution is 5.96. The second-order valence-corrected chi connectivity index (χ2v) is 8.09. The quantitative estimate of drug-likeness (QED) is 0.617. The van der Waals surface area contributed by atoms with Crippen molar-refractivity contribution in [2.24, 2.45) is 11.8 Å². The first-order valence-electron chi connectivity index (χ1n) is 10.2. The number of hydrogen-bond acceptors (Lipinski definition) is 4. The van der Waals surface area contributed by atoms with Crippen LogP contribution < -0.4 is 10.6 Å². The SMILES string of the molecule is C#Cc1cccc(Nc2ncnc3ccc(NC(=O)N4CC(C)CC(C)C4)cc23)c1. The number of anilines is 3. The number of aromatic nitrogens is 2. The van der Waals surface area contributed by atoms with Crippen molar-refractivity contribution in [3.05, 3.63) is 54.4 Å². The number of nitrogens with one attached hydrogen (secondary N) is 2. The fourth-order valence-corrected chi connectivity index (χ4v) is 4.09. The zero-order chi connectivity index (χ0) is 21.1. The lowest BCUT2D eigenvalue weighted by Gasteiger charge is -2.34. The number of urea groups is 1. The minimum atomic E-state index is -0.0687. The molecule has 1 saturated heterocycles. The van der Waals surface area contributed by atoms with Gasteiger partial charge in [-0.2, -0.15) is 0 Å². The van der Waals surface area contributed by atoms with Crippen molar-refractivity contribution in [2.75, 3.05) is 23.7 Å². The number of likely N-dealkylation sites (tertiary alicyclic amines) is 1. The van der Waals surface area contributed by atoms with Crippen molar-refractivity contribution < 1.29 is 4.79 Å². The summed E-state index contributed by atoms with van der Waals surface area (Å²) in [5, 5.41) is 7.16. The molecule has 1 aliphatic rings. The molecule has 0 saturated carbocycles. The Kier molecular flexibility index (Phi) is 5.53.